The molecule has 0 N–H and O–H groups in total. The van der Waals surface area contributed by atoms with Gasteiger partial charge in [0.1, 0.15) is 0 Å². The summed E-state index contributed by atoms with van der Waals surface area (Å²) in [7, 11) is 0. The van der Waals surface area contributed by atoms with Crippen molar-refractivity contribution in [2.45, 2.75) is 78.3 Å². The number of para-hydroxylation sites is 1. The van der Waals surface area contributed by atoms with Crippen LogP contribution in [-0.4, -0.2) is 12.1 Å². The molecule has 1 heterocycles. The molecule has 1 aromatic carbocycles. The Hall–Kier alpha value is -0.980. The van der Waals surface area contributed by atoms with Gasteiger partial charge in [0, 0.05) is 17.8 Å². The molecule has 1 heteroatoms. The lowest BCUT2D eigenvalue weighted by Gasteiger charge is -2.22. The first-order valence-electron chi connectivity index (χ1n) is 7.93. The van der Waals surface area contributed by atoms with Crippen LogP contribution in [0.15, 0.2) is 18.2 Å². The molecule has 0 aromatic heterocycles. The molecule has 0 bridgehead atoms. The highest BCUT2D eigenvalue weighted by atomic mass is 15.4. The molecule has 0 spiro atoms. The van der Waals surface area contributed by atoms with E-state index in [0.717, 1.165) is 12.1 Å². The zero-order chi connectivity index (χ0) is 14.2. The topological polar surface area (TPSA) is 3.01 Å². The first kappa shape index (κ1) is 14.4. The van der Waals surface area contributed by atoms with Crippen LogP contribution in [0.5, 0.6) is 0 Å². The maximum Gasteiger partial charge on any atom is 0.0495 e. The van der Waals surface area contributed by atoms with E-state index in [1.54, 1.807) is 5.69 Å². The predicted molar refractivity (Wildman–Crippen MR) is 85.3 cm³/mol. The van der Waals surface area contributed by atoms with E-state index in [2.05, 4.69) is 64.6 Å². The molecule has 19 heavy (non-hydrogen) atoms. The van der Waals surface area contributed by atoms with E-state index >= 15 is 0 Å². The molecule has 0 aliphatic carbocycles. The van der Waals surface area contributed by atoms with Gasteiger partial charge in [-0.1, -0.05) is 59.7 Å². The van der Waals surface area contributed by atoms with Crippen LogP contribution in [-0.2, 0) is 0 Å². The molecule has 1 fully saturated rings. The van der Waals surface area contributed by atoms with E-state index in [1.807, 2.05) is 0 Å². The van der Waals surface area contributed by atoms with Gasteiger partial charge >= 0.3 is 0 Å². The molecule has 1 aromatic rings. The molecule has 2 atom stereocenters. The summed E-state index contributed by atoms with van der Waals surface area (Å²) in [6.07, 6.45) is 2.53. The second-order valence-electron chi connectivity index (χ2n) is 6.45. The van der Waals surface area contributed by atoms with Gasteiger partial charge in [-0.25, -0.2) is 0 Å². The van der Waals surface area contributed by atoms with Crippen molar-refractivity contribution in [1.82, 2.24) is 0 Å². The van der Waals surface area contributed by atoms with Crippen LogP contribution in [0.3, 0.4) is 0 Å². The molecule has 1 aliphatic heterocycles. The summed E-state index contributed by atoms with van der Waals surface area (Å²) in [6, 6.07) is 8.41. The smallest absolute Gasteiger partial charge is 0.0495 e. The Morgan fingerprint density at radius 1 is 0.895 bits per heavy atom. The third-order valence-corrected chi connectivity index (χ3v) is 4.51. The monoisotopic (exact) mass is 259 g/mol. The van der Waals surface area contributed by atoms with Crippen LogP contribution in [0.25, 0.3) is 0 Å². The van der Waals surface area contributed by atoms with Crippen molar-refractivity contribution in [3.05, 3.63) is 29.3 Å². The van der Waals surface area contributed by atoms with Crippen LogP contribution >= 0.6 is 0 Å². The zero-order valence-corrected chi connectivity index (χ0v) is 13.4. The summed E-state index contributed by atoms with van der Waals surface area (Å²) in [5.41, 5.74) is 4.60. The van der Waals surface area contributed by atoms with Gasteiger partial charge in [0.15, 0.2) is 0 Å². The van der Waals surface area contributed by atoms with Crippen LogP contribution < -0.4 is 4.90 Å². The minimum Gasteiger partial charge on any atom is -0.361 e. The third kappa shape index (κ3) is 2.52. The Kier molecular flexibility index (Phi) is 4.23. The predicted octanol–water partition coefficient (Wildman–Crippen LogP) is 5.31. The number of anilines is 1. The molecule has 1 saturated heterocycles. The van der Waals surface area contributed by atoms with E-state index in [0.29, 0.717) is 11.8 Å². The molecule has 0 saturated carbocycles. The quantitative estimate of drug-likeness (QED) is 0.647. The van der Waals surface area contributed by atoms with E-state index < -0.39 is 0 Å². The highest BCUT2D eigenvalue weighted by Gasteiger charge is 2.46. The fourth-order valence-corrected chi connectivity index (χ4v) is 3.41. The van der Waals surface area contributed by atoms with Crippen LogP contribution in [0.2, 0.25) is 0 Å². The lowest BCUT2D eigenvalue weighted by atomic mass is 9.92. The largest absolute Gasteiger partial charge is 0.361 e. The Labute approximate surface area is 119 Å². The van der Waals surface area contributed by atoms with Gasteiger partial charge in [-0.05, 0) is 35.8 Å². The first-order valence-corrected chi connectivity index (χ1v) is 7.93. The average molecular weight is 259 g/mol. The standard InChI is InChI=1S/C18H29N/c1-7-16-17(8-2)19(16)18-14(12(3)4)10-9-11-15(18)13(5)6/h9-13,16-17H,7-8H2,1-6H3. The van der Waals surface area contributed by atoms with Gasteiger partial charge in [0.2, 0.25) is 0 Å². The summed E-state index contributed by atoms with van der Waals surface area (Å²) in [5, 5.41) is 0. The number of hydrogen-bond donors (Lipinski definition) is 0. The van der Waals surface area contributed by atoms with Gasteiger partial charge in [-0.15, -0.1) is 0 Å². The summed E-state index contributed by atoms with van der Waals surface area (Å²) in [4.78, 5) is 2.69. The minimum absolute atomic E-state index is 0.601. The Bertz CT molecular complexity index is 397. The summed E-state index contributed by atoms with van der Waals surface area (Å²) in [6.45, 7) is 13.9. The van der Waals surface area contributed by atoms with Gasteiger partial charge in [0.25, 0.3) is 0 Å². The fraction of sp³-hybridized carbons (Fsp3) is 0.667. The third-order valence-electron chi connectivity index (χ3n) is 4.51. The van der Waals surface area contributed by atoms with Crippen molar-refractivity contribution < 1.29 is 0 Å². The van der Waals surface area contributed by atoms with Crippen molar-refractivity contribution in [1.29, 1.82) is 0 Å². The number of nitrogens with zero attached hydrogens (tertiary/aromatic N) is 1. The molecule has 0 radical (unpaired) electrons. The Balaban J connectivity index is 2.48. The molecule has 106 valence electrons. The van der Waals surface area contributed by atoms with Crippen LogP contribution in [0, 0.1) is 0 Å². The fourth-order valence-electron chi connectivity index (χ4n) is 3.41. The molecular weight excluding hydrogens is 230 g/mol. The van der Waals surface area contributed by atoms with E-state index in [1.165, 1.54) is 24.0 Å². The van der Waals surface area contributed by atoms with E-state index in [9.17, 15) is 0 Å². The SMILES string of the molecule is CCC1C(CC)N1c1c(C(C)C)cccc1C(C)C. The van der Waals surface area contributed by atoms with Crippen LogP contribution in [0.4, 0.5) is 5.69 Å². The van der Waals surface area contributed by atoms with Crippen molar-refractivity contribution >= 4 is 5.69 Å². The molecule has 0 amide bonds. The maximum absolute atomic E-state index is 2.69. The van der Waals surface area contributed by atoms with E-state index in [4.69, 9.17) is 0 Å². The highest BCUT2D eigenvalue weighted by molar-refractivity contribution is 5.68. The van der Waals surface area contributed by atoms with Crippen molar-refractivity contribution in [3.63, 3.8) is 0 Å². The van der Waals surface area contributed by atoms with Gasteiger partial charge in [0.05, 0.1) is 0 Å². The summed E-state index contributed by atoms with van der Waals surface area (Å²) >= 11 is 0. The molecular formula is C18H29N. The summed E-state index contributed by atoms with van der Waals surface area (Å²) < 4.78 is 0. The summed E-state index contributed by atoms with van der Waals surface area (Å²) in [5.74, 6) is 1.20. The lowest BCUT2D eigenvalue weighted by molar-refractivity contribution is 0.817. The molecule has 2 unspecified atom stereocenters. The molecule has 1 aliphatic rings. The Morgan fingerprint density at radius 2 is 1.32 bits per heavy atom. The second kappa shape index (κ2) is 5.56. The lowest BCUT2D eigenvalue weighted by Crippen LogP contribution is -2.09. The minimum atomic E-state index is 0.601. The number of hydrogen-bond acceptors (Lipinski definition) is 1. The van der Waals surface area contributed by atoms with E-state index in [-0.39, 0.29) is 0 Å². The van der Waals surface area contributed by atoms with Crippen molar-refractivity contribution in [2.75, 3.05) is 4.90 Å². The van der Waals surface area contributed by atoms with Gasteiger partial charge in [-0.2, -0.15) is 0 Å². The first-order chi connectivity index (χ1) is 9.02. The highest BCUT2D eigenvalue weighted by Crippen LogP contribution is 2.46. The number of rotatable bonds is 5. The zero-order valence-electron chi connectivity index (χ0n) is 13.4. The van der Waals surface area contributed by atoms with Gasteiger partial charge < -0.3 is 4.90 Å². The van der Waals surface area contributed by atoms with Crippen LogP contribution in [0.1, 0.15) is 77.3 Å². The molecule has 2 rings (SSSR count). The normalized spacial score (nSPS) is 22.4. The number of benzene rings is 1. The Morgan fingerprint density at radius 3 is 1.63 bits per heavy atom. The van der Waals surface area contributed by atoms with Crippen molar-refractivity contribution in [2.24, 2.45) is 0 Å². The van der Waals surface area contributed by atoms with Crippen molar-refractivity contribution in [3.8, 4) is 0 Å². The van der Waals surface area contributed by atoms with Gasteiger partial charge in [-0.3, -0.25) is 0 Å². The maximum atomic E-state index is 2.69. The average Bonchev–Trinajstić information content (AvgIpc) is 3.10. The second-order valence-corrected chi connectivity index (χ2v) is 6.45. The molecule has 1 nitrogen and oxygen atoms in total.